The summed E-state index contributed by atoms with van der Waals surface area (Å²) < 4.78 is 16.3. The van der Waals surface area contributed by atoms with Gasteiger partial charge in [0.1, 0.15) is 11.7 Å². The molecule has 1 aromatic heterocycles. The summed E-state index contributed by atoms with van der Waals surface area (Å²) in [7, 11) is 1.58. The summed E-state index contributed by atoms with van der Waals surface area (Å²) in [5, 5.41) is 2.70. The molecule has 0 bridgehead atoms. The number of rotatable bonds is 7. The molecule has 5 heteroatoms. The average molecular weight is 468 g/mol. The Bertz CT molecular complexity index is 1420. The van der Waals surface area contributed by atoms with E-state index in [1.165, 1.54) is 12.1 Å². The lowest BCUT2D eigenvalue weighted by molar-refractivity contribution is 0.627. The lowest BCUT2D eigenvalue weighted by Crippen LogP contribution is -2.28. The van der Waals surface area contributed by atoms with Gasteiger partial charge >= 0.3 is 0 Å². The summed E-state index contributed by atoms with van der Waals surface area (Å²) in [5.74, 6) is 0.000331. The Morgan fingerprint density at radius 1 is 1.17 bits per heavy atom. The molecule has 0 atom stereocenters. The zero-order chi connectivity index (χ0) is 25.5. The van der Waals surface area contributed by atoms with Crippen molar-refractivity contribution in [3.05, 3.63) is 111 Å². The number of aromatic nitrogens is 1. The number of nitrogens with zero attached hydrogens (tertiary/aromatic N) is 2. The number of hydrogen-bond donors (Lipinski definition) is 1. The number of allylic oxidation sites excluding steroid dienone is 3. The van der Waals surface area contributed by atoms with Gasteiger partial charge in [0.05, 0.1) is 5.56 Å². The summed E-state index contributed by atoms with van der Waals surface area (Å²) in [5.41, 5.74) is 5.97. The molecule has 0 aliphatic rings. The van der Waals surface area contributed by atoms with Crippen LogP contribution in [0.25, 0.3) is 16.7 Å². The van der Waals surface area contributed by atoms with Gasteiger partial charge in [0.25, 0.3) is 0 Å². The lowest BCUT2D eigenvalue weighted by Gasteiger charge is -2.21. The molecular formula is C30H30FN3O. The molecule has 0 radical (unpaired) electrons. The molecule has 178 valence electrons. The minimum Gasteiger partial charge on any atom is -0.347 e. The van der Waals surface area contributed by atoms with Crippen molar-refractivity contribution < 1.29 is 4.39 Å². The highest BCUT2D eigenvalue weighted by atomic mass is 19.1. The van der Waals surface area contributed by atoms with Crippen molar-refractivity contribution in [1.82, 2.24) is 9.88 Å². The molecular weight excluding hydrogens is 437 g/mol. The second kappa shape index (κ2) is 11.3. The molecule has 4 nitrogen and oxygen atoms in total. The van der Waals surface area contributed by atoms with Gasteiger partial charge in [-0.3, -0.25) is 15.1 Å². The van der Waals surface area contributed by atoms with Crippen LogP contribution in [-0.2, 0) is 6.54 Å². The van der Waals surface area contributed by atoms with Crippen LogP contribution in [0.4, 0.5) is 4.39 Å². The van der Waals surface area contributed by atoms with Gasteiger partial charge in [-0.25, -0.2) is 4.39 Å². The predicted octanol–water partition coefficient (Wildman–Crippen LogP) is 5.91. The summed E-state index contributed by atoms with van der Waals surface area (Å²) in [4.78, 5) is 17.3. The van der Waals surface area contributed by atoms with Gasteiger partial charge in [-0.15, -0.1) is 0 Å². The largest absolute Gasteiger partial charge is 0.347 e. The number of nitrogens with one attached hydrogen (secondary N) is 1. The van der Waals surface area contributed by atoms with E-state index in [1.807, 2.05) is 48.7 Å². The van der Waals surface area contributed by atoms with E-state index in [0.717, 1.165) is 40.0 Å². The minimum absolute atomic E-state index is 0.213. The molecule has 0 aliphatic heterocycles. The zero-order valence-corrected chi connectivity index (χ0v) is 20.7. The maximum Gasteiger partial charge on any atom is 0.193 e. The Balaban J connectivity index is 2.33. The molecule has 0 saturated carbocycles. The van der Waals surface area contributed by atoms with Gasteiger partial charge < -0.3 is 4.57 Å². The van der Waals surface area contributed by atoms with Crippen LogP contribution in [0.1, 0.15) is 48.2 Å². The number of hydrogen-bond acceptors (Lipinski definition) is 2. The Morgan fingerprint density at radius 3 is 2.51 bits per heavy atom. The molecule has 0 saturated heterocycles. The van der Waals surface area contributed by atoms with Crippen molar-refractivity contribution in [1.29, 1.82) is 0 Å². The number of amidine groups is 1. The molecule has 0 amide bonds. The predicted molar refractivity (Wildman–Crippen MR) is 145 cm³/mol. The second-order valence-corrected chi connectivity index (χ2v) is 8.33. The van der Waals surface area contributed by atoms with E-state index in [9.17, 15) is 9.18 Å². The van der Waals surface area contributed by atoms with Gasteiger partial charge in [-0.2, -0.15) is 0 Å². The third kappa shape index (κ3) is 5.67. The van der Waals surface area contributed by atoms with Gasteiger partial charge in [0.15, 0.2) is 5.43 Å². The molecule has 3 rings (SSSR count). The Kier molecular flexibility index (Phi) is 8.22. The van der Waals surface area contributed by atoms with Crippen molar-refractivity contribution in [3.63, 3.8) is 0 Å². The first kappa shape index (κ1) is 25.5. The fraction of sp³-hybridized carbons (Fsp3) is 0.200. The molecule has 1 heterocycles. The first-order valence-electron chi connectivity index (χ1n) is 11.5. The first-order valence-corrected chi connectivity index (χ1v) is 11.5. The second-order valence-electron chi connectivity index (χ2n) is 8.33. The molecule has 3 aromatic rings. The van der Waals surface area contributed by atoms with Crippen LogP contribution in [0.15, 0.2) is 77.2 Å². The third-order valence-corrected chi connectivity index (χ3v) is 5.80. The lowest BCUT2D eigenvalue weighted by atomic mass is 9.88. The maximum atomic E-state index is 14.3. The molecule has 2 aromatic carbocycles. The fourth-order valence-electron chi connectivity index (χ4n) is 4.18. The first-order chi connectivity index (χ1) is 16.8. The average Bonchev–Trinajstić information content (AvgIpc) is 2.83. The number of halogens is 1. The van der Waals surface area contributed by atoms with Crippen molar-refractivity contribution in [3.8, 4) is 12.5 Å². The number of aryl methyl sites for hydroxylation is 2. The number of benzene rings is 2. The van der Waals surface area contributed by atoms with Crippen LogP contribution in [0.3, 0.4) is 0 Å². The van der Waals surface area contributed by atoms with E-state index in [2.05, 4.69) is 29.9 Å². The quantitative estimate of drug-likeness (QED) is 0.154. The minimum atomic E-state index is -0.338. The number of aliphatic imine (C=N–C) groups is 1. The smallest absolute Gasteiger partial charge is 0.193 e. The topological polar surface area (TPSA) is 46.4 Å². The van der Waals surface area contributed by atoms with E-state index in [1.54, 1.807) is 25.4 Å². The molecule has 0 aliphatic carbocycles. The van der Waals surface area contributed by atoms with Crippen LogP contribution in [-0.4, -0.2) is 17.5 Å². The third-order valence-electron chi connectivity index (χ3n) is 5.80. The standard InChI is InChI=1S/C30H30FN3O/c1-7-15-34-19-26(30(32-6)33-8-2)28(35)18-27(34)22(5)29(24-13-10-14-25(31)17-24)21(4)23-12-9-11-20(3)16-23/h2,9-14,16-19H,4,7,15H2,1,3,5-6H3,(H,32,33)/b29-22-. The fourth-order valence-corrected chi connectivity index (χ4v) is 4.18. The highest BCUT2D eigenvalue weighted by molar-refractivity contribution is 6.13. The van der Waals surface area contributed by atoms with Gasteiger partial charge in [-0.05, 0) is 60.2 Å². The summed E-state index contributed by atoms with van der Waals surface area (Å²) in [6.07, 6.45) is 8.00. The Labute approximate surface area is 206 Å². The number of pyridine rings is 1. The SMILES string of the molecule is C#CNC(=NC)c1cn(CCC)c(/C(C)=C(/C(=C)c2cccc(C)c2)c2cccc(F)c2)cc1=O. The van der Waals surface area contributed by atoms with Crippen molar-refractivity contribution in [2.45, 2.75) is 33.7 Å². The van der Waals surface area contributed by atoms with E-state index < -0.39 is 0 Å². The summed E-state index contributed by atoms with van der Waals surface area (Å²) in [6.45, 7) is 11.1. The van der Waals surface area contributed by atoms with Crippen LogP contribution >= 0.6 is 0 Å². The van der Waals surface area contributed by atoms with Crippen LogP contribution in [0, 0.1) is 25.2 Å². The molecule has 0 unspecified atom stereocenters. The van der Waals surface area contributed by atoms with Gasteiger partial charge in [0, 0.05) is 37.6 Å². The van der Waals surface area contributed by atoms with E-state index in [0.29, 0.717) is 23.5 Å². The van der Waals surface area contributed by atoms with Gasteiger partial charge in [0.2, 0.25) is 0 Å². The number of terminal acetylenes is 1. The highest BCUT2D eigenvalue weighted by Crippen LogP contribution is 2.36. The van der Waals surface area contributed by atoms with Crippen molar-refractivity contribution >= 4 is 22.6 Å². The van der Waals surface area contributed by atoms with E-state index >= 15 is 0 Å². The van der Waals surface area contributed by atoms with Gasteiger partial charge in [-0.1, -0.05) is 61.9 Å². The molecule has 1 N–H and O–H groups in total. The summed E-state index contributed by atoms with van der Waals surface area (Å²) in [6, 6.07) is 18.4. The van der Waals surface area contributed by atoms with Crippen molar-refractivity contribution in [2.75, 3.05) is 7.05 Å². The van der Waals surface area contributed by atoms with Crippen LogP contribution in [0.2, 0.25) is 0 Å². The molecule has 0 fully saturated rings. The monoisotopic (exact) mass is 467 g/mol. The highest BCUT2D eigenvalue weighted by Gasteiger charge is 2.18. The van der Waals surface area contributed by atoms with Crippen LogP contribution in [0.5, 0.6) is 0 Å². The van der Waals surface area contributed by atoms with Crippen LogP contribution < -0.4 is 10.7 Å². The Morgan fingerprint density at radius 2 is 1.89 bits per heavy atom. The Hall–Kier alpha value is -4.17. The summed E-state index contributed by atoms with van der Waals surface area (Å²) >= 11 is 0. The van der Waals surface area contributed by atoms with E-state index in [4.69, 9.17) is 6.42 Å². The zero-order valence-electron chi connectivity index (χ0n) is 20.7. The molecule has 0 spiro atoms. The molecule has 35 heavy (non-hydrogen) atoms. The van der Waals surface area contributed by atoms with Crippen molar-refractivity contribution in [2.24, 2.45) is 4.99 Å². The van der Waals surface area contributed by atoms with E-state index in [-0.39, 0.29) is 11.2 Å². The normalized spacial score (nSPS) is 12.1. The maximum absolute atomic E-state index is 14.3.